The Labute approximate surface area is 113 Å². The summed E-state index contributed by atoms with van der Waals surface area (Å²) in [5.74, 6) is 0.0387. The molecular weight excluding hydrogens is 238 g/mol. The van der Waals surface area contributed by atoms with E-state index in [2.05, 4.69) is 15.5 Å². The van der Waals surface area contributed by atoms with Crippen LogP contribution in [0.3, 0.4) is 0 Å². The van der Waals surface area contributed by atoms with Crippen molar-refractivity contribution in [3.8, 4) is 11.3 Å². The Morgan fingerprint density at radius 1 is 1.37 bits per heavy atom. The van der Waals surface area contributed by atoms with Crippen molar-refractivity contribution >= 4 is 11.6 Å². The van der Waals surface area contributed by atoms with Gasteiger partial charge in [0.25, 0.3) is 0 Å². The quantitative estimate of drug-likeness (QED) is 0.881. The number of nitrogens with one attached hydrogen (secondary N) is 2. The number of benzene rings is 1. The molecule has 0 atom stereocenters. The molecule has 0 unspecified atom stereocenters. The number of aromatic amines is 1. The van der Waals surface area contributed by atoms with Crippen molar-refractivity contribution in [3.05, 3.63) is 36.5 Å². The van der Waals surface area contributed by atoms with Crippen LogP contribution in [-0.4, -0.2) is 16.1 Å². The summed E-state index contributed by atoms with van der Waals surface area (Å²) >= 11 is 0. The average Bonchev–Trinajstić information content (AvgIpc) is 2.93. The average molecular weight is 257 g/mol. The highest BCUT2D eigenvalue weighted by Gasteiger charge is 2.25. The summed E-state index contributed by atoms with van der Waals surface area (Å²) in [5, 5.41) is 9.80. The van der Waals surface area contributed by atoms with Gasteiger partial charge in [0.1, 0.15) is 0 Å². The van der Waals surface area contributed by atoms with Gasteiger partial charge in [-0.15, -0.1) is 0 Å². The molecule has 0 aliphatic carbocycles. The lowest BCUT2D eigenvalue weighted by Gasteiger charge is -2.21. The van der Waals surface area contributed by atoms with E-state index in [1.165, 1.54) is 0 Å². The largest absolute Gasteiger partial charge is 0.326 e. The number of anilines is 1. The maximum atomic E-state index is 12.1. The predicted molar refractivity (Wildman–Crippen MR) is 76.7 cm³/mol. The number of aromatic nitrogens is 2. The number of nitrogens with zero attached hydrogens (tertiary/aromatic N) is 1. The van der Waals surface area contributed by atoms with Gasteiger partial charge in [-0.25, -0.2) is 0 Å². The Morgan fingerprint density at radius 2 is 2.16 bits per heavy atom. The lowest BCUT2D eigenvalue weighted by atomic mass is 9.89. The van der Waals surface area contributed by atoms with E-state index in [9.17, 15) is 4.79 Å². The molecule has 100 valence electrons. The molecule has 1 amide bonds. The Bertz CT molecular complexity index is 559. The fourth-order valence-corrected chi connectivity index (χ4v) is 1.64. The number of carbonyl (C=O) groups excluding carboxylic acids is 1. The van der Waals surface area contributed by atoms with Crippen LogP contribution in [0.5, 0.6) is 0 Å². The van der Waals surface area contributed by atoms with E-state index in [4.69, 9.17) is 0 Å². The molecule has 0 saturated carbocycles. The minimum atomic E-state index is -0.357. The molecule has 0 spiro atoms. The van der Waals surface area contributed by atoms with Crippen LogP contribution in [-0.2, 0) is 4.79 Å². The second-order valence-corrected chi connectivity index (χ2v) is 5.24. The molecule has 1 heterocycles. The van der Waals surface area contributed by atoms with Crippen LogP contribution < -0.4 is 5.32 Å². The van der Waals surface area contributed by atoms with E-state index in [-0.39, 0.29) is 11.3 Å². The maximum absolute atomic E-state index is 12.1. The standard InChI is InChI=1S/C15H19N3O/c1-4-15(2,3)14(19)17-12-7-5-6-11(10-12)13-8-9-16-18-13/h5-10H,4H2,1-3H3,(H,16,18)(H,17,19). The topological polar surface area (TPSA) is 57.8 Å². The third-order valence-corrected chi connectivity index (χ3v) is 3.43. The van der Waals surface area contributed by atoms with Crippen molar-refractivity contribution in [2.75, 3.05) is 5.32 Å². The smallest absolute Gasteiger partial charge is 0.230 e. The van der Waals surface area contributed by atoms with Crippen LogP contribution in [0.4, 0.5) is 5.69 Å². The lowest BCUT2D eigenvalue weighted by molar-refractivity contribution is -0.124. The van der Waals surface area contributed by atoms with Gasteiger partial charge in [0.05, 0.1) is 5.69 Å². The molecule has 0 saturated heterocycles. The van der Waals surface area contributed by atoms with E-state index >= 15 is 0 Å². The minimum Gasteiger partial charge on any atom is -0.326 e. The van der Waals surface area contributed by atoms with E-state index in [1.807, 2.05) is 51.1 Å². The van der Waals surface area contributed by atoms with Gasteiger partial charge in [0.2, 0.25) is 5.91 Å². The van der Waals surface area contributed by atoms with Crippen molar-refractivity contribution in [1.82, 2.24) is 10.2 Å². The monoisotopic (exact) mass is 257 g/mol. The van der Waals surface area contributed by atoms with Gasteiger partial charge in [-0.2, -0.15) is 5.10 Å². The number of hydrogen-bond acceptors (Lipinski definition) is 2. The molecule has 0 radical (unpaired) electrons. The molecule has 4 heteroatoms. The second kappa shape index (κ2) is 5.26. The van der Waals surface area contributed by atoms with E-state index in [0.29, 0.717) is 0 Å². The van der Waals surface area contributed by atoms with Crippen molar-refractivity contribution in [1.29, 1.82) is 0 Å². The molecule has 0 bridgehead atoms. The molecule has 19 heavy (non-hydrogen) atoms. The fraction of sp³-hybridized carbons (Fsp3) is 0.333. The molecule has 2 N–H and O–H groups in total. The van der Waals surface area contributed by atoms with Crippen LogP contribution in [0.1, 0.15) is 27.2 Å². The Morgan fingerprint density at radius 3 is 2.79 bits per heavy atom. The van der Waals surface area contributed by atoms with Crippen LogP contribution in [0.15, 0.2) is 36.5 Å². The van der Waals surface area contributed by atoms with E-state index in [1.54, 1.807) is 6.20 Å². The first-order valence-corrected chi connectivity index (χ1v) is 6.44. The van der Waals surface area contributed by atoms with Crippen molar-refractivity contribution in [3.63, 3.8) is 0 Å². The van der Waals surface area contributed by atoms with Crippen LogP contribution in [0.2, 0.25) is 0 Å². The first-order valence-electron chi connectivity index (χ1n) is 6.44. The molecule has 0 fully saturated rings. The number of carbonyl (C=O) groups is 1. The highest BCUT2D eigenvalue weighted by molar-refractivity contribution is 5.95. The van der Waals surface area contributed by atoms with E-state index < -0.39 is 0 Å². The molecule has 4 nitrogen and oxygen atoms in total. The first-order chi connectivity index (χ1) is 9.03. The summed E-state index contributed by atoms with van der Waals surface area (Å²) in [6.07, 6.45) is 2.51. The zero-order valence-electron chi connectivity index (χ0n) is 11.5. The summed E-state index contributed by atoms with van der Waals surface area (Å²) in [5.41, 5.74) is 2.39. The number of rotatable bonds is 4. The summed E-state index contributed by atoms with van der Waals surface area (Å²) in [6.45, 7) is 5.91. The van der Waals surface area contributed by atoms with Gasteiger partial charge < -0.3 is 5.32 Å². The maximum Gasteiger partial charge on any atom is 0.230 e. The second-order valence-electron chi connectivity index (χ2n) is 5.24. The Hall–Kier alpha value is -2.10. The van der Waals surface area contributed by atoms with Crippen LogP contribution in [0, 0.1) is 5.41 Å². The number of amides is 1. The zero-order chi connectivity index (χ0) is 13.9. The number of H-pyrrole nitrogens is 1. The van der Waals surface area contributed by atoms with Crippen molar-refractivity contribution in [2.45, 2.75) is 27.2 Å². The molecule has 0 aliphatic rings. The molecule has 2 aromatic rings. The van der Waals surface area contributed by atoms with Crippen molar-refractivity contribution in [2.24, 2.45) is 5.41 Å². The summed E-state index contributed by atoms with van der Waals surface area (Å²) in [4.78, 5) is 12.1. The van der Waals surface area contributed by atoms with Crippen molar-refractivity contribution < 1.29 is 4.79 Å². The molecule has 1 aromatic carbocycles. The molecule has 1 aromatic heterocycles. The van der Waals surface area contributed by atoms with Gasteiger partial charge in [-0.05, 0) is 24.6 Å². The first kappa shape index (κ1) is 13.3. The third kappa shape index (κ3) is 3.02. The number of hydrogen-bond donors (Lipinski definition) is 2. The third-order valence-electron chi connectivity index (χ3n) is 3.43. The zero-order valence-corrected chi connectivity index (χ0v) is 11.5. The molecule has 2 rings (SSSR count). The van der Waals surface area contributed by atoms with Crippen LogP contribution in [0.25, 0.3) is 11.3 Å². The fourth-order valence-electron chi connectivity index (χ4n) is 1.64. The normalized spacial score (nSPS) is 11.3. The Kier molecular flexibility index (Phi) is 3.69. The lowest BCUT2D eigenvalue weighted by Crippen LogP contribution is -2.29. The minimum absolute atomic E-state index is 0.0387. The molecule has 0 aliphatic heterocycles. The predicted octanol–water partition coefficient (Wildman–Crippen LogP) is 3.45. The van der Waals surface area contributed by atoms with E-state index in [0.717, 1.165) is 23.4 Å². The SMILES string of the molecule is CCC(C)(C)C(=O)Nc1cccc(-c2ccn[nH]2)c1. The van der Waals surface area contributed by atoms with Gasteiger partial charge in [-0.3, -0.25) is 9.89 Å². The Balaban J connectivity index is 2.19. The van der Waals surface area contributed by atoms with Gasteiger partial charge in [0, 0.05) is 22.9 Å². The highest BCUT2D eigenvalue weighted by Crippen LogP contribution is 2.24. The van der Waals surface area contributed by atoms with Crippen LogP contribution >= 0.6 is 0 Å². The summed E-state index contributed by atoms with van der Waals surface area (Å²) in [7, 11) is 0. The van der Waals surface area contributed by atoms with Gasteiger partial charge in [-0.1, -0.05) is 32.9 Å². The summed E-state index contributed by atoms with van der Waals surface area (Å²) < 4.78 is 0. The molecular formula is C15H19N3O. The van der Waals surface area contributed by atoms with Gasteiger partial charge in [0.15, 0.2) is 0 Å². The van der Waals surface area contributed by atoms with Gasteiger partial charge >= 0.3 is 0 Å². The summed E-state index contributed by atoms with van der Waals surface area (Å²) in [6, 6.07) is 9.64. The highest BCUT2D eigenvalue weighted by atomic mass is 16.2.